The monoisotopic (exact) mass is 805 g/mol. The molecule has 3 aromatic heterocycles. The van der Waals surface area contributed by atoms with Crippen LogP contribution in [0.1, 0.15) is 0 Å². The molecule has 0 bridgehead atoms. The zero-order valence-corrected chi connectivity index (χ0v) is 42.0. The minimum atomic E-state index is 0.712. The van der Waals surface area contributed by atoms with Crippen LogP contribution in [0, 0.1) is 0 Å². The van der Waals surface area contributed by atoms with E-state index in [0.717, 1.165) is 49.9 Å². The number of hydrogen-bond donors (Lipinski definition) is 0. The highest BCUT2D eigenvalue weighted by Gasteiger charge is 2.28. The molecule has 64 heavy (non-hydrogen) atoms. The summed E-state index contributed by atoms with van der Waals surface area (Å²) < 4.78 is 14.2. The van der Waals surface area contributed by atoms with Gasteiger partial charge < -0.3 is 8.83 Å². The molecular weight excluding hydrogens is 757 g/mol. The van der Waals surface area contributed by atoms with Gasteiger partial charge in [-0.05, 0) is 45.5 Å². The maximum absolute atomic E-state index is 7.13. The van der Waals surface area contributed by atoms with E-state index < -0.39 is 0 Å². The molecule has 0 aliphatic carbocycles. The molecule has 0 N–H and O–H groups in total. The summed E-state index contributed by atoms with van der Waals surface area (Å²) in [5, 5.41) is 3.45. The predicted molar refractivity (Wildman–Crippen MR) is 342 cm³/mol. The summed E-state index contributed by atoms with van der Waals surface area (Å²) in [5.74, 6) is 0. The minimum Gasteiger partial charge on any atom is -0.456 e. The lowest BCUT2D eigenvalue weighted by Gasteiger charge is -2.27. The summed E-state index contributed by atoms with van der Waals surface area (Å²) in [4.78, 5) is 9.98. The molecule has 0 saturated heterocycles. The molecule has 9 rings (SSSR count). The van der Waals surface area contributed by atoms with Crippen LogP contribution >= 0.6 is 0 Å². The molecule has 0 atom stereocenters. The predicted octanol–water partition coefficient (Wildman–Crippen LogP) is -23.9. The molecular formula is C40H44B20N2O2. The molecule has 0 fully saturated rings. The van der Waals surface area contributed by atoms with Crippen molar-refractivity contribution in [2.45, 2.75) is 0 Å². The van der Waals surface area contributed by atoms with Crippen LogP contribution in [0.5, 0.6) is 0 Å². The average Bonchev–Trinajstić information content (AvgIpc) is 3.86. The van der Waals surface area contributed by atoms with Gasteiger partial charge >= 0.3 is 0 Å². The topological polar surface area (TPSA) is 52.1 Å². The van der Waals surface area contributed by atoms with Crippen molar-refractivity contribution < 1.29 is 8.83 Å². The Morgan fingerprint density at radius 1 is 0.312 bits per heavy atom. The van der Waals surface area contributed by atoms with Crippen LogP contribution in [0.25, 0.3) is 88.6 Å². The Morgan fingerprint density at radius 2 is 0.719 bits per heavy atom. The van der Waals surface area contributed by atoms with Gasteiger partial charge in [0.1, 0.15) is 191 Å². The molecule has 0 aliphatic rings. The molecule has 3 heterocycles. The zero-order valence-electron chi connectivity index (χ0n) is 42.0. The highest BCUT2D eigenvalue weighted by Crippen LogP contribution is 2.36. The van der Waals surface area contributed by atoms with Gasteiger partial charge in [-0.3, -0.25) is 0 Å². The van der Waals surface area contributed by atoms with E-state index in [4.69, 9.17) is 18.8 Å². The molecule has 0 aliphatic heterocycles. The summed E-state index contributed by atoms with van der Waals surface area (Å²) in [7, 11) is 45.3. The first-order valence-electron chi connectivity index (χ1n) is 23.0. The Kier molecular flexibility index (Phi) is 10.7. The molecule has 4 nitrogen and oxygen atoms in total. The van der Waals surface area contributed by atoms with E-state index in [1.807, 2.05) is 0 Å². The van der Waals surface area contributed by atoms with E-state index in [1.54, 1.807) is 6.33 Å². The second-order valence-electron chi connectivity index (χ2n) is 19.5. The van der Waals surface area contributed by atoms with E-state index in [2.05, 4.69) is 175 Å². The Balaban J connectivity index is 1.29. The van der Waals surface area contributed by atoms with Crippen LogP contribution in [0.15, 0.2) is 33.4 Å². The van der Waals surface area contributed by atoms with Crippen LogP contribution in [0.2, 0.25) is 0 Å². The van der Waals surface area contributed by atoms with Gasteiger partial charge in [-0.1, -0.05) is 82.5 Å². The highest BCUT2D eigenvalue weighted by atomic mass is 16.3. The third kappa shape index (κ3) is 5.98. The normalized spacial score (nSPS) is 11.8. The largest absolute Gasteiger partial charge is 0.456 e. The zero-order chi connectivity index (χ0) is 46.4. The number of hydrogen-bond acceptors (Lipinski definition) is 4. The van der Waals surface area contributed by atoms with E-state index >= 15 is 0 Å². The molecule has 0 amide bonds. The SMILES string of the molecule is Bc1c(B)c(B)c(-c2c(B)c(B)c(B)c(-c3ccc4c(c3)oc3c(-c5c(B)c(B)c(B)c(-c6c(B)c(B)c(B)c7c6oc6c(B)c(B)c(B)c(B)c67)c5B)ncnc34)c2B)c(B)c1B. The fourth-order valence-corrected chi connectivity index (χ4v) is 11.6. The number of furan rings is 2. The van der Waals surface area contributed by atoms with Crippen LogP contribution in [-0.4, -0.2) is 167 Å². The number of fused-ring (bicyclic) bond motifs is 6. The summed E-state index contributed by atoms with van der Waals surface area (Å²) in [5.41, 5.74) is 39.7. The maximum Gasteiger partial charge on any atom is 0.180 e. The third-order valence-electron chi connectivity index (χ3n) is 16.9. The number of aromatic nitrogens is 2. The first-order chi connectivity index (χ1) is 30.1. The minimum absolute atomic E-state index is 0.712. The molecule has 286 valence electrons. The van der Waals surface area contributed by atoms with Gasteiger partial charge in [0, 0.05) is 21.7 Å². The molecule has 0 saturated carbocycles. The summed E-state index contributed by atoms with van der Waals surface area (Å²) in [6, 6.07) is 6.69. The summed E-state index contributed by atoms with van der Waals surface area (Å²) in [6.45, 7) is 0. The molecule has 0 radical (unpaired) electrons. The standard InChI is InChI=1S/C40H44B20N2O2/c41-16-8(18(43)27(52)19(44)9(16)10-20(45)30(55)33(58)31(56)21(10)46)5-1-2-6-7(3-5)63-40-36(6)61-4-62-37(40)15-17(42)11(22(47)28(53)26(15)51)12-23(48)29(54)24(49)13-14-25(50)32(57)34(59)35(60)39(14)64-38(12)13/h1-4H,41-60H2. The fourth-order valence-electron chi connectivity index (χ4n) is 11.6. The average molecular weight is 801 g/mol. The summed E-state index contributed by atoms with van der Waals surface area (Å²) >= 11 is 0. The lowest BCUT2D eigenvalue weighted by atomic mass is 9.56. The van der Waals surface area contributed by atoms with Crippen molar-refractivity contribution in [2.75, 3.05) is 0 Å². The van der Waals surface area contributed by atoms with Crippen molar-refractivity contribution >= 4 is 310 Å². The van der Waals surface area contributed by atoms with Crippen LogP contribution in [0.4, 0.5) is 0 Å². The van der Waals surface area contributed by atoms with Gasteiger partial charge in [0.05, 0.1) is 0 Å². The van der Waals surface area contributed by atoms with Crippen molar-refractivity contribution in [3.8, 4) is 44.6 Å². The van der Waals surface area contributed by atoms with Crippen molar-refractivity contribution in [2.24, 2.45) is 0 Å². The van der Waals surface area contributed by atoms with Crippen molar-refractivity contribution in [3.05, 3.63) is 24.5 Å². The van der Waals surface area contributed by atoms with Crippen LogP contribution in [0.3, 0.4) is 0 Å². The quantitative estimate of drug-likeness (QED) is 0.166. The van der Waals surface area contributed by atoms with E-state index in [-0.39, 0.29) is 0 Å². The molecule has 0 unspecified atom stereocenters. The summed E-state index contributed by atoms with van der Waals surface area (Å²) in [6.07, 6.45) is 1.71. The first-order valence-corrected chi connectivity index (χ1v) is 23.0. The third-order valence-corrected chi connectivity index (χ3v) is 16.9. The Bertz CT molecular complexity index is 3610. The van der Waals surface area contributed by atoms with Gasteiger partial charge in [0.25, 0.3) is 0 Å². The number of rotatable bonds is 4. The van der Waals surface area contributed by atoms with Gasteiger partial charge in [-0.25, -0.2) is 9.97 Å². The number of benzene rings is 6. The van der Waals surface area contributed by atoms with E-state index in [1.165, 1.54) is 142 Å². The van der Waals surface area contributed by atoms with E-state index in [0.29, 0.717) is 5.58 Å². The Labute approximate surface area is 395 Å². The van der Waals surface area contributed by atoms with Gasteiger partial charge in [-0.15, -0.1) is 32.8 Å². The molecule has 6 aromatic carbocycles. The van der Waals surface area contributed by atoms with Crippen molar-refractivity contribution in [1.82, 2.24) is 9.97 Å². The van der Waals surface area contributed by atoms with Crippen LogP contribution in [-0.2, 0) is 0 Å². The number of nitrogens with zero attached hydrogens (tertiary/aromatic N) is 2. The van der Waals surface area contributed by atoms with Gasteiger partial charge in [-0.2, -0.15) is 0 Å². The van der Waals surface area contributed by atoms with E-state index in [9.17, 15) is 0 Å². The second kappa shape index (κ2) is 15.5. The lowest BCUT2D eigenvalue weighted by Crippen LogP contribution is -2.57. The van der Waals surface area contributed by atoms with Gasteiger partial charge in [0.2, 0.25) is 0 Å². The maximum atomic E-state index is 7.13. The smallest absolute Gasteiger partial charge is 0.180 e. The van der Waals surface area contributed by atoms with Gasteiger partial charge in [0.15, 0.2) is 5.58 Å². The first kappa shape index (κ1) is 44.5. The fraction of sp³-hybridized carbons (Fsp3) is 0. The Hall–Kier alpha value is -4.70. The second-order valence-corrected chi connectivity index (χ2v) is 19.5. The Morgan fingerprint density at radius 3 is 1.31 bits per heavy atom. The lowest BCUT2D eigenvalue weighted by molar-refractivity contribution is 0.667. The molecule has 9 aromatic rings. The van der Waals surface area contributed by atoms with Crippen molar-refractivity contribution in [3.63, 3.8) is 0 Å². The molecule has 24 heteroatoms. The molecule has 0 spiro atoms. The van der Waals surface area contributed by atoms with Crippen LogP contribution < -0.4 is 109 Å². The highest BCUT2D eigenvalue weighted by molar-refractivity contribution is 6.73. The van der Waals surface area contributed by atoms with Crippen molar-refractivity contribution in [1.29, 1.82) is 0 Å².